The summed E-state index contributed by atoms with van der Waals surface area (Å²) in [6, 6.07) is 8.60. The predicted octanol–water partition coefficient (Wildman–Crippen LogP) is 4.59. The van der Waals surface area contributed by atoms with Gasteiger partial charge in [-0.3, -0.25) is 44.1 Å². The molecular formula is C42H44F4N6O5. The monoisotopic (exact) mass is 788 g/mol. The van der Waals surface area contributed by atoms with E-state index in [2.05, 4.69) is 15.1 Å². The van der Waals surface area contributed by atoms with Crippen molar-refractivity contribution in [2.24, 2.45) is 5.92 Å². The van der Waals surface area contributed by atoms with Gasteiger partial charge in [0.05, 0.1) is 23.7 Å². The third kappa shape index (κ3) is 6.76. The molecular weight excluding hydrogens is 744 g/mol. The lowest BCUT2D eigenvalue weighted by Gasteiger charge is -2.46. The number of carbonyl (C=O) groups is 4. The van der Waals surface area contributed by atoms with Gasteiger partial charge in [-0.15, -0.1) is 0 Å². The zero-order valence-corrected chi connectivity index (χ0v) is 31.5. The molecule has 6 heterocycles. The molecule has 57 heavy (non-hydrogen) atoms. The van der Waals surface area contributed by atoms with Crippen LogP contribution in [0.15, 0.2) is 42.5 Å². The minimum atomic E-state index is -2.69. The fourth-order valence-corrected chi connectivity index (χ4v) is 10.00. The molecule has 0 radical (unpaired) electrons. The van der Waals surface area contributed by atoms with Gasteiger partial charge in [0.2, 0.25) is 11.8 Å². The van der Waals surface area contributed by atoms with Gasteiger partial charge in [-0.1, -0.05) is 6.07 Å². The Bertz CT molecular complexity index is 2100. The fraction of sp³-hybridized carbons (Fsp3) is 0.476. The number of phenols is 1. The van der Waals surface area contributed by atoms with Crippen molar-refractivity contribution in [3.05, 3.63) is 93.0 Å². The summed E-state index contributed by atoms with van der Waals surface area (Å²) in [6.45, 7) is 6.38. The average Bonchev–Trinajstić information content (AvgIpc) is 3.66. The van der Waals surface area contributed by atoms with Crippen LogP contribution >= 0.6 is 0 Å². The maximum atomic E-state index is 16.0. The second-order valence-electron chi connectivity index (χ2n) is 16.6. The normalized spacial score (nSPS) is 24.9. The third-order valence-electron chi connectivity index (χ3n) is 13.0. The van der Waals surface area contributed by atoms with Crippen molar-refractivity contribution < 1.29 is 41.8 Å². The number of halogens is 4. The quantitative estimate of drug-likeness (QED) is 0.250. The number of likely N-dealkylation sites (tertiary alicyclic amines) is 1. The molecule has 3 fully saturated rings. The van der Waals surface area contributed by atoms with Crippen LogP contribution in [0.4, 0.5) is 23.2 Å². The molecule has 3 saturated heterocycles. The Morgan fingerprint density at radius 2 is 1.51 bits per heavy atom. The molecule has 6 aliphatic heterocycles. The number of imide groups is 2. The summed E-state index contributed by atoms with van der Waals surface area (Å²) < 4.78 is 59.5. The molecule has 0 bridgehead atoms. The number of carbonyl (C=O) groups excluding carboxylic acids is 4. The summed E-state index contributed by atoms with van der Waals surface area (Å²) in [7, 11) is 0. The minimum Gasteiger partial charge on any atom is -0.508 e. The van der Waals surface area contributed by atoms with Crippen LogP contribution in [0.5, 0.6) is 5.75 Å². The van der Waals surface area contributed by atoms with Crippen molar-refractivity contribution in [2.45, 2.75) is 82.7 Å². The summed E-state index contributed by atoms with van der Waals surface area (Å²) in [4.78, 5) is 59.9. The molecule has 0 spiro atoms. The minimum absolute atomic E-state index is 0.0131. The summed E-state index contributed by atoms with van der Waals surface area (Å²) >= 11 is 0. The summed E-state index contributed by atoms with van der Waals surface area (Å²) in [6.07, 6.45) is -0.423. The largest absolute Gasteiger partial charge is 0.508 e. The number of piperidine rings is 2. The first-order valence-electron chi connectivity index (χ1n) is 19.8. The lowest BCUT2D eigenvalue weighted by Crippen LogP contribution is -2.59. The Labute approximate surface area is 327 Å². The van der Waals surface area contributed by atoms with Crippen LogP contribution in [0.1, 0.15) is 87.2 Å². The maximum Gasteiger partial charge on any atom is 0.262 e. The molecule has 2 N–H and O–H groups in total. The molecule has 0 saturated carbocycles. The lowest BCUT2D eigenvalue weighted by atomic mass is 9.84. The van der Waals surface area contributed by atoms with E-state index in [0.717, 1.165) is 48.5 Å². The van der Waals surface area contributed by atoms with Crippen LogP contribution in [-0.2, 0) is 29.1 Å². The predicted molar refractivity (Wildman–Crippen MR) is 200 cm³/mol. The van der Waals surface area contributed by atoms with E-state index >= 15 is 8.78 Å². The Hall–Kier alpha value is -4.86. The zero-order valence-electron chi connectivity index (χ0n) is 31.5. The van der Waals surface area contributed by atoms with Gasteiger partial charge in [-0.05, 0) is 97.2 Å². The fourth-order valence-electron chi connectivity index (χ4n) is 10.00. The number of benzene rings is 3. The highest BCUT2D eigenvalue weighted by Gasteiger charge is 2.46. The Balaban J connectivity index is 0.791. The second kappa shape index (κ2) is 14.5. The highest BCUT2D eigenvalue weighted by molar-refractivity contribution is 6.23. The van der Waals surface area contributed by atoms with E-state index in [-0.39, 0.29) is 24.2 Å². The first kappa shape index (κ1) is 37.7. The number of hydrogen-bond donors (Lipinski definition) is 2. The molecule has 4 amide bonds. The molecule has 0 aromatic heterocycles. The standard InChI is InChI=1S/C42H44F4N6O5/c1-22-10-24-11-29(53)2-3-30(24)39(51(22)21-36(45)46)38-33(43)14-27(15-34(38)44)49-8-6-23(7-9-49)16-48-19-28(20-48)50-17-25-12-31-32(13-26(25)18-50)42(57)52(41(31)56)35-4-5-37(54)47-40(35)55/h2-3,11-15,22-23,28,35-36,39,53H,4-10,16-21H2,1H3,(H,47,54,55)/t22-,35?,39+/m1/s1. The first-order valence-corrected chi connectivity index (χ1v) is 19.8. The van der Waals surface area contributed by atoms with Gasteiger partial charge >= 0.3 is 0 Å². The van der Waals surface area contributed by atoms with Gasteiger partial charge < -0.3 is 10.0 Å². The lowest BCUT2D eigenvalue weighted by molar-refractivity contribution is -0.136. The van der Waals surface area contributed by atoms with Gasteiger partial charge in [-0.25, -0.2) is 17.6 Å². The maximum absolute atomic E-state index is 16.0. The Morgan fingerprint density at radius 1 is 0.860 bits per heavy atom. The molecule has 3 atom stereocenters. The van der Waals surface area contributed by atoms with Crippen LogP contribution in [-0.4, -0.2) is 112 Å². The highest BCUT2D eigenvalue weighted by atomic mass is 19.3. The molecule has 3 aromatic rings. The smallest absolute Gasteiger partial charge is 0.262 e. The number of hydrogen-bond acceptors (Lipinski definition) is 9. The summed E-state index contributed by atoms with van der Waals surface area (Å²) in [5, 5.41) is 12.3. The number of alkyl halides is 2. The third-order valence-corrected chi connectivity index (χ3v) is 13.0. The molecule has 9 rings (SSSR count). The van der Waals surface area contributed by atoms with E-state index in [1.54, 1.807) is 31.2 Å². The SMILES string of the molecule is C[C@@H]1Cc2cc(O)ccc2[C@@H](c2c(F)cc(N3CCC(CN4CC(N5Cc6cc7c(cc6C5)C(=O)N(C5CCC(=O)NC5=O)C7=O)C4)CC3)cc2F)N1CC(F)F. The number of rotatable bonds is 8. The van der Waals surface area contributed by atoms with E-state index in [4.69, 9.17) is 0 Å². The van der Waals surface area contributed by atoms with Crippen LogP contribution in [0, 0.1) is 17.6 Å². The number of anilines is 1. The first-order chi connectivity index (χ1) is 27.3. The zero-order chi connectivity index (χ0) is 39.9. The number of aromatic hydroxyl groups is 1. The van der Waals surface area contributed by atoms with Crippen LogP contribution in [0.25, 0.3) is 0 Å². The Morgan fingerprint density at radius 3 is 2.12 bits per heavy atom. The van der Waals surface area contributed by atoms with Crippen molar-refractivity contribution in [1.29, 1.82) is 0 Å². The number of nitrogens with one attached hydrogen (secondary N) is 1. The van der Waals surface area contributed by atoms with E-state index in [1.165, 1.54) is 23.1 Å². The average molecular weight is 789 g/mol. The molecule has 1 unspecified atom stereocenters. The van der Waals surface area contributed by atoms with E-state index in [1.807, 2.05) is 4.90 Å². The van der Waals surface area contributed by atoms with Gasteiger partial charge in [0.1, 0.15) is 23.4 Å². The molecule has 0 aliphatic carbocycles. The molecule has 3 aromatic carbocycles. The number of fused-ring (bicyclic) bond motifs is 3. The van der Waals surface area contributed by atoms with Crippen molar-refractivity contribution >= 4 is 29.3 Å². The summed E-state index contributed by atoms with van der Waals surface area (Å²) in [5.41, 5.74) is 3.96. The molecule has 15 heteroatoms. The number of nitrogens with zero attached hydrogens (tertiary/aromatic N) is 5. The van der Waals surface area contributed by atoms with Crippen molar-refractivity contribution in [3.8, 4) is 5.75 Å². The number of phenolic OH excluding ortho intramolecular Hbond substituents is 1. The number of amides is 4. The molecule has 6 aliphatic rings. The van der Waals surface area contributed by atoms with Gasteiger partial charge in [0, 0.05) is 75.6 Å². The highest BCUT2D eigenvalue weighted by Crippen LogP contribution is 2.43. The van der Waals surface area contributed by atoms with Gasteiger partial charge in [-0.2, -0.15) is 0 Å². The van der Waals surface area contributed by atoms with Crippen LogP contribution in [0.2, 0.25) is 0 Å². The van der Waals surface area contributed by atoms with E-state index in [9.17, 15) is 33.1 Å². The van der Waals surface area contributed by atoms with Crippen LogP contribution < -0.4 is 10.2 Å². The topological polar surface area (TPSA) is 117 Å². The van der Waals surface area contributed by atoms with E-state index < -0.39 is 66.4 Å². The molecule has 11 nitrogen and oxygen atoms in total. The van der Waals surface area contributed by atoms with Crippen molar-refractivity contribution in [2.75, 3.05) is 44.2 Å². The van der Waals surface area contributed by atoms with Gasteiger partial charge in [0.15, 0.2) is 0 Å². The van der Waals surface area contributed by atoms with E-state index in [0.29, 0.717) is 72.5 Å². The summed E-state index contributed by atoms with van der Waals surface area (Å²) in [5.74, 6) is -3.17. The Kier molecular flexibility index (Phi) is 9.60. The van der Waals surface area contributed by atoms with Crippen molar-refractivity contribution in [3.63, 3.8) is 0 Å². The molecule has 300 valence electrons. The van der Waals surface area contributed by atoms with Gasteiger partial charge in [0.25, 0.3) is 18.2 Å². The van der Waals surface area contributed by atoms with Crippen molar-refractivity contribution in [1.82, 2.24) is 24.9 Å². The van der Waals surface area contributed by atoms with Crippen LogP contribution in [0.3, 0.4) is 0 Å². The second-order valence-corrected chi connectivity index (χ2v) is 16.6.